The van der Waals surface area contributed by atoms with Crippen LogP contribution in [0.1, 0.15) is 30.4 Å². The van der Waals surface area contributed by atoms with Crippen LogP contribution in [-0.4, -0.2) is 49.7 Å². The van der Waals surface area contributed by atoms with Crippen molar-refractivity contribution in [2.24, 2.45) is 0 Å². The van der Waals surface area contributed by atoms with Crippen molar-refractivity contribution in [2.45, 2.75) is 31.5 Å². The molecule has 3 aromatic carbocycles. The first-order valence-electron chi connectivity index (χ1n) is 13.0. The van der Waals surface area contributed by atoms with E-state index in [4.69, 9.17) is 20.6 Å². The first kappa shape index (κ1) is 28.8. The largest absolute Gasteiger partial charge is 0.488 e. The number of rotatable bonds is 10. The Morgan fingerprint density at radius 3 is 2.46 bits per heavy atom. The zero-order chi connectivity index (χ0) is 29.3. The molecule has 0 bridgehead atoms. The number of anilines is 1. The second kappa shape index (κ2) is 11.7. The molecule has 1 atom stereocenters. The number of alkyl halides is 4. The lowest BCUT2D eigenvalue weighted by atomic mass is 9.93. The van der Waals surface area contributed by atoms with Gasteiger partial charge in [0.25, 0.3) is 0 Å². The summed E-state index contributed by atoms with van der Waals surface area (Å²) in [4.78, 5) is 2.48. The highest BCUT2D eigenvalue weighted by atomic mass is 32.1. The van der Waals surface area contributed by atoms with Gasteiger partial charge in [0.2, 0.25) is 0 Å². The van der Waals surface area contributed by atoms with Crippen LogP contribution >= 0.6 is 11.3 Å². The van der Waals surface area contributed by atoms with Crippen molar-refractivity contribution in [3.63, 3.8) is 0 Å². The minimum absolute atomic E-state index is 0.00585. The second-order valence-corrected chi connectivity index (χ2v) is 11.0. The normalized spacial score (nSPS) is 15.1. The molecule has 11 heteroatoms. The number of nitrogens with zero attached hydrogens (tertiary/aromatic N) is 1. The quantitative estimate of drug-likeness (QED) is 0.111. The average Bonchev–Trinajstić information content (AvgIpc) is 3.27. The summed E-state index contributed by atoms with van der Waals surface area (Å²) in [6.45, 7) is 2.79. The molecule has 216 valence electrons. The van der Waals surface area contributed by atoms with E-state index in [9.17, 15) is 22.0 Å². The number of benzene rings is 3. The zero-order valence-electron chi connectivity index (χ0n) is 22.1. The van der Waals surface area contributed by atoms with Gasteiger partial charge in [-0.25, -0.2) is 4.39 Å². The van der Waals surface area contributed by atoms with Crippen LogP contribution in [0.2, 0.25) is 0 Å². The molecule has 1 saturated heterocycles. The van der Waals surface area contributed by atoms with Gasteiger partial charge in [-0.15, -0.1) is 11.3 Å². The Hall–Kier alpha value is -3.70. The number of hydrogen-bond acceptors (Lipinski definition) is 6. The van der Waals surface area contributed by atoms with Gasteiger partial charge < -0.3 is 20.6 Å². The van der Waals surface area contributed by atoms with Gasteiger partial charge in [-0.05, 0) is 73.0 Å². The average molecular weight is 590 g/mol. The lowest BCUT2D eigenvalue weighted by molar-refractivity contribution is -0.146. The maximum absolute atomic E-state index is 14.2. The third kappa shape index (κ3) is 6.01. The van der Waals surface area contributed by atoms with Crippen LogP contribution in [0.3, 0.4) is 0 Å². The molecular formula is C30H28F5N3O2S. The van der Waals surface area contributed by atoms with Gasteiger partial charge in [0, 0.05) is 47.2 Å². The van der Waals surface area contributed by atoms with E-state index < -0.39 is 17.9 Å². The zero-order valence-corrected chi connectivity index (χ0v) is 22.9. The summed E-state index contributed by atoms with van der Waals surface area (Å²) in [6, 6.07) is 13.5. The highest BCUT2D eigenvalue weighted by Gasteiger charge is 2.39. The molecule has 5 rings (SSSR count). The Balaban J connectivity index is 1.50. The predicted octanol–water partition coefficient (Wildman–Crippen LogP) is 8.17. The minimum atomic E-state index is -4.59. The van der Waals surface area contributed by atoms with E-state index in [0.29, 0.717) is 50.7 Å². The number of hydrogen-bond donors (Lipinski definition) is 2. The number of nitrogen functional groups attached to an aromatic ring is 1. The van der Waals surface area contributed by atoms with E-state index in [0.717, 1.165) is 49.7 Å². The fourth-order valence-corrected chi connectivity index (χ4v) is 6.14. The number of ether oxygens (including phenoxy) is 2. The van der Waals surface area contributed by atoms with E-state index >= 15 is 0 Å². The van der Waals surface area contributed by atoms with Crippen molar-refractivity contribution >= 4 is 33.3 Å². The topological polar surface area (TPSA) is 71.6 Å². The first-order valence-corrected chi connectivity index (χ1v) is 13.9. The monoisotopic (exact) mass is 589 g/mol. The molecule has 2 heterocycles. The molecule has 3 N–H and O–H groups in total. The van der Waals surface area contributed by atoms with E-state index in [1.54, 1.807) is 36.4 Å². The number of likely N-dealkylation sites (tertiary alicyclic amines) is 1. The van der Waals surface area contributed by atoms with Crippen LogP contribution in [0.15, 0.2) is 54.6 Å². The van der Waals surface area contributed by atoms with Crippen LogP contribution in [-0.2, 0) is 0 Å². The summed E-state index contributed by atoms with van der Waals surface area (Å²) in [5, 5.41) is 8.43. The Labute approximate surface area is 237 Å². The van der Waals surface area contributed by atoms with E-state index in [1.165, 1.54) is 6.07 Å². The third-order valence-corrected chi connectivity index (χ3v) is 8.38. The van der Waals surface area contributed by atoms with E-state index in [1.807, 2.05) is 0 Å². The van der Waals surface area contributed by atoms with Crippen molar-refractivity contribution in [3.05, 3.63) is 71.5 Å². The smallest absolute Gasteiger partial charge is 0.395 e. The van der Waals surface area contributed by atoms with Crippen LogP contribution in [0.4, 0.5) is 27.6 Å². The molecule has 4 aromatic rings. The Bertz CT molecular complexity index is 1550. The second-order valence-electron chi connectivity index (χ2n) is 9.96. The third-order valence-electron chi connectivity index (χ3n) is 7.12. The van der Waals surface area contributed by atoms with Crippen molar-refractivity contribution in [2.75, 3.05) is 32.0 Å². The molecule has 1 aliphatic rings. The SMILES string of the molecule is CC(c1cc(F)ccc1-c1sc2c(C=N)c(N)ccc2c1Oc1ccc(OC2CN(CCCF)C2)cc1)C(F)(F)F. The molecule has 0 spiro atoms. The molecule has 1 unspecified atom stereocenters. The Morgan fingerprint density at radius 1 is 1.10 bits per heavy atom. The number of nitrogens with one attached hydrogen (secondary N) is 1. The van der Waals surface area contributed by atoms with Crippen LogP contribution < -0.4 is 15.2 Å². The summed E-state index contributed by atoms with van der Waals surface area (Å²) in [5.74, 6) is -1.39. The number of thiophene rings is 1. The number of nitrogens with two attached hydrogens (primary N) is 1. The molecule has 41 heavy (non-hydrogen) atoms. The van der Waals surface area contributed by atoms with Crippen LogP contribution in [0.25, 0.3) is 20.5 Å². The van der Waals surface area contributed by atoms with Crippen molar-refractivity contribution in [1.29, 1.82) is 5.41 Å². The Kier molecular flexibility index (Phi) is 8.19. The number of halogens is 5. The molecule has 0 aliphatic carbocycles. The molecule has 0 amide bonds. The summed E-state index contributed by atoms with van der Waals surface area (Å²) in [6.07, 6.45) is -2.99. The molecule has 5 nitrogen and oxygen atoms in total. The first-order chi connectivity index (χ1) is 19.6. The molecule has 1 aliphatic heterocycles. The minimum Gasteiger partial charge on any atom is -0.488 e. The van der Waals surface area contributed by atoms with Crippen molar-refractivity contribution in [3.8, 4) is 27.7 Å². The molecule has 0 saturated carbocycles. The van der Waals surface area contributed by atoms with E-state index in [2.05, 4.69) is 4.90 Å². The fraction of sp³-hybridized carbons (Fsp3) is 0.300. The lowest BCUT2D eigenvalue weighted by Gasteiger charge is -2.38. The fourth-order valence-electron chi connectivity index (χ4n) is 4.84. The highest BCUT2D eigenvalue weighted by Crippen LogP contribution is 2.51. The predicted molar refractivity (Wildman–Crippen MR) is 152 cm³/mol. The van der Waals surface area contributed by atoms with Gasteiger partial charge in [0.1, 0.15) is 23.4 Å². The number of fused-ring (bicyclic) bond motifs is 1. The summed E-state index contributed by atoms with van der Waals surface area (Å²) in [5.41, 5.74) is 6.82. The van der Waals surface area contributed by atoms with Crippen LogP contribution in [0.5, 0.6) is 17.2 Å². The van der Waals surface area contributed by atoms with Crippen LogP contribution in [0, 0.1) is 11.2 Å². The molecule has 1 fully saturated rings. The highest BCUT2D eigenvalue weighted by molar-refractivity contribution is 7.23. The Morgan fingerprint density at radius 2 is 1.80 bits per heavy atom. The van der Waals surface area contributed by atoms with Gasteiger partial charge in [-0.2, -0.15) is 13.2 Å². The van der Waals surface area contributed by atoms with Crippen molar-refractivity contribution < 1.29 is 31.4 Å². The molecular weight excluding hydrogens is 561 g/mol. The standard InChI is InChI=1S/C30H28F5N3O2S/c1-17(30(33,34)35)24-13-18(32)3-8-22(24)29-27(23-9-10-26(37)25(14-36)28(23)41-29)40-20-6-4-19(5-7-20)39-21-15-38(16-21)12-2-11-31/h3-10,13-14,17,21,36H,2,11-12,15-16,37H2,1H3. The molecule has 1 aromatic heterocycles. The van der Waals surface area contributed by atoms with Gasteiger partial charge in [-0.3, -0.25) is 9.29 Å². The molecule has 0 radical (unpaired) electrons. The summed E-state index contributed by atoms with van der Waals surface area (Å²) in [7, 11) is 0. The van der Waals surface area contributed by atoms with Gasteiger partial charge in [0.15, 0.2) is 5.75 Å². The summed E-state index contributed by atoms with van der Waals surface area (Å²) < 4.78 is 80.8. The van der Waals surface area contributed by atoms with Gasteiger partial charge >= 0.3 is 6.18 Å². The summed E-state index contributed by atoms with van der Waals surface area (Å²) >= 11 is 1.14. The maximum Gasteiger partial charge on any atom is 0.395 e. The van der Waals surface area contributed by atoms with Gasteiger partial charge in [0.05, 0.1) is 17.5 Å². The maximum atomic E-state index is 14.2. The van der Waals surface area contributed by atoms with E-state index in [-0.39, 0.29) is 29.7 Å². The van der Waals surface area contributed by atoms with Crippen molar-refractivity contribution in [1.82, 2.24) is 4.90 Å². The lowest BCUT2D eigenvalue weighted by Crippen LogP contribution is -2.53. The van der Waals surface area contributed by atoms with Gasteiger partial charge in [-0.1, -0.05) is 6.07 Å².